The number of hydrogen-bond donors (Lipinski definition) is 1. The predicted molar refractivity (Wildman–Crippen MR) is 72.9 cm³/mol. The Hall–Kier alpha value is -1.14. The first-order chi connectivity index (χ1) is 8.56. The number of halogens is 1. The molecular weight excluding hydrogens is 300 g/mol. The number of rotatable bonds is 4. The standard InChI is InChI=1S/C12H15BrN2O3/c1-8-2-4-10(18-8)7-14-11-5-3-9(13)6-12(11)15(16)17/h3,5-6,8,10,14H,2,4,7H2,1H3. The molecule has 1 aromatic carbocycles. The van der Waals surface area contributed by atoms with E-state index in [9.17, 15) is 10.1 Å². The second-order valence-corrected chi connectivity index (χ2v) is 5.36. The molecule has 1 aromatic rings. The SMILES string of the molecule is CC1CCC(CNc2ccc(Br)cc2[N+](=O)[O-])O1. The van der Waals surface area contributed by atoms with E-state index in [4.69, 9.17) is 4.74 Å². The van der Waals surface area contributed by atoms with Crippen LogP contribution in [0.2, 0.25) is 0 Å². The average Bonchev–Trinajstić information content (AvgIpc) is 2.73. The fourth-order valence-electron chi connectivity index (χ4n) is 2.06. The second kappa shape index (κ2) is 5.67. The third-order valence-corrected chi connectivity index (χ3v) is 3.49. The van der Waals surface area contributed by atoms with Crippen molar-refractivity contribution in [3.8, 4) is 0 Å². The Morgan fingerprint density at radius 3 is 2.94 bits per heavy atom. The van der Waals surface area contributed by atoms with Crippen molar-refractivity contribution in [3.63, 3.8) is 0 Å². The fraction of sp³-hybridized carbons (Fsp3) is 0.500. The molecule has 5 nitrogen and oxygen atoms in total. The molecule has 0 aromatic heterocycles. The van der Waals surface area contributed by atoms with Gasteiger partial charge >= 0.3 is 0 Å². The predicted octanol–water partition coefficient (Wildman–Crippen LogP) is 3.34. The fourth-order valence-corrected chi connectivity index (χ4v) is 2.41. The van der Waals surface area contributed by atoms with Gasteiger partial charge in [0.05, 0.1) is 17.1 Å². The first kappa shape index (κ1) is 13.3. The molecule has 0 amide bonds. The highest BCUT2D eigenvalue weighted by atomic mass is 79.9. The Morgan fingerprint density at radius 1 is 1.56 bits per heavy atom. The van der Waals surface area contributed by atoms with Crippen molar-refractivity contribution >= 4 is 27.3 Å². The number of nitrogens with zero attached hydrogens (tertiary/aromatic N) is 1. The number of benzene rings is 1. The number of nitrogens with one attached hydrogen (secondary N) is 1. The Balaban J connectivity index is 2.02. The maximum atomic E-state index is 10.9. The molecule has 1 fully saturated rings. The monoisotopic (exact) mass is 314 g/mol. The minimum Gasteiger partial charge on any atom is -0.377 e. The molecule has 0 aliphatic carbocycles. The number of hydrogen-bond acceptors (Lipinski definition) is 4. The van der Waals surface area contributed by atoms with Gasteiger partial charge in [0, 0.05) is 17.1 Å². The van der Waals surface area contributed by atoms with Crippen LogP contribution in [0.3, 0.4) is 0 Å². The van der Waals surface area contributed by atoms with E-state index in [1.165, 1.54) is 6.07 Å². The van der Waals surface area contributed by atoms with E-state index in [-0.39, 0.29) is 22.8 Å². The smallest absolute Gasteiger partial charge is 0.293 e. The highest BCUT2D eigenvalue weighted by molar-refractivity contribution is 9.10. The van der Waals surface area contributed by atoms with Crippen molar-refractivity contribution in [2.24, 2.45) is 0 Å². The topological polar surface area (TPSA) is 64.4 Å². The lowest BCUT2D eigenvalue weighted by atomic mass is 10.2. The van der Waals surface area contributed by atoms with E-state index in [1.807, 2.05) is 6.92 Å². The summed E-state index contributed by atoms with van der Waals surface area (Å²) >= 11 is 3.23. The Morgan fingerprint density at radius 2 is 2.33 bits per heavy atom. The zero-order valence-corrected chi connectivity index (χ0v) is 11.6. The lowest BCUT2D eigenvalue weighted by molar-refractivity contribution is -0.384. The lowest BCUT2D eigenvalue weighted by Gasteiger charge is -2.13. The largest absolute Gasteiger partial charge is 0.377 e. The molecule has 1 aliphatic rings. The van der Waals surface area contributed by atoms with Crippen LogP contribution in [0, 0.1) is 10.1 Å². The maximum absolute atomic E-state index is 10.9. The summed E-state index contributed by atoms with van der Waals surface area (Å²) in [4.78, 5) is 10.6. The van der Waals surface area contributed by atoms with Gasteiger partial charge in [-0.1, -0.05) is 15.9 Å². The van der Waals surface area contributed by atoms with Gasteiger partial charge in [0.15, 0.2) is 0 Å². The second-order valence-electron chi connectivity index (χ2n) is 4.45. The van der Waals surface area contributed by atoms with Crippen LogP contribution in [0.4, 0.5) is 11.4 Å². The average molecular weight is 315 g/mol. The van der Waals surface area contributed by atoms with Crippen LogP contribution in [-0.2, 0) is 4.74 Å². The van der Waals surface area contributed by atoms with Crippen LogP contribution in [0.5, 0.6) is 0 Å². The van der Waals surface area contributed by atoms with Gasteiger partial charge in [-0.05, 0) is 31.9 Å². The summed E-state index contributed by atoms with van der Waals surface area (Å²) in [6, 6.07) is 4.99. The molecule has 0 spiro atoms. The third kappa shape index (κ3) is 3.20. The van der Waals surface area contributed by atoms with E-state index < -0.39 is 0 Å². The van der Waals surface area contributed by atoms with E-state index in [0.717, 1.165) is 12.8 Å². The molecule has 2 unspecified atom stereocenters. The molecule has 18 heavy (non-hydrogen) atoms. The maximum Gasteiger partial charge on any atom is 0.293 e. The number of nitro benzene ring substituents is 1. The van der Waals surface area contributed by atoms with Gasteiger partial charge < -0.3 is 10.1 Å². The van der Waals surface area contributed by atoms with Crippen LogP contribution in [0.15, 0.2) is 22.7 Å². The summed E-state index contributed by atoms with van der Waals surface area (Å²) in [5.41, 5.74) is 0.613. The van der Waals surface area contributed by atoms with E-state index in [1.54, 1.807) is 12.1 Å². The highest BCUT2D eigenvalue weighted by Crippen LogP contribution is 2.28. The summed E-state index contributed by atoms with van der Waals surface area (Å²) in [5, 5.41) is 14.0. The summed E-state index contributed by atoms with van der Waals surface area (Å²) in [6.45, 7) is 2.65. The molecule has 98 valence electrons. The number of anilines is 1. The van der Waals surface area contributed by atoms with Crippen molar-refractivity contribution in [1.29, 1.82) is 0 Å². The lowest BCUT2D eigenvalue weighted by Crippen LogP contribution is -2.20. The van der Waals surface area contributed by atoms with Gasteiger partial charge in [0.25, 0.3) is 5.69 Å². The van der Waals surface area contributed by atoms with Crippen LogP contribution < -0.4 is 5.32 Å². The molecule has 6 heteroatoms. The van der Waals surface area contributed by atoms with Gasteiger partial charge in [0.1, 0.15) is 5.69 Å². The quantitative estimate of drug-likeness (QED) is 0.684. The molecular formula is C12H15BrN2O3. The molecule has 0 bridgehead atoms. The van der Waals surface area contributed by atoms with Crippen LogP contribution >= 0.6 is 15.9 Å². The van der Waals surface area contributed by atoms with Crippen molar-refractivity contribution in [1.82, 2.24) is 0 Å². The highest BCUT2D eigenvalue weighted by Gasteiger charge is 2.22. The Labute approximate surface area is 114 Å². The molecule has 1 saturated heterocycles. The molecule has 2 atom stereocenters. The first-order valence-corrected chi connectivity index (χ1v) is 6.69. The molecule has 1 N–H and O–H groups in total. The molecule has 1 heterocycles. The van der Waals surface area contributed by atoms with Gasteiger partial charge in [-0.2, -0.15) is 0 Å². The summed E-state index contributed by atoms with van der Waals surface area (Å²) < 4.78 is 6.36. The van der Waals surface area contributed by atoms with Crippen molar-refractivity contribution in [3.05, 3.63) is 32.8 Å². The minimum atomic E-state index is -0.384. The van der Waals surface area contributed by atoms with Gasteiger partial charge in [-0.15, -0.1) is 0 Å². The number of nitro groups is 1. The third-order valence-electron chi connectivity index (χ3n) is 3.00. The van der Waals surface area contributed by atoms with E-state index in [0.29, 0.717) is 16.7 Å². The van der Waals surface area contributed by atoms with Crippen molar-refractivity contribution in [2.45, 2.75) is 32.0 Å². The van der Waals surface area contributed by atoms with E-state index in [2.05, 4.69) is 21.2 Å². The van der Waals surface area contributed by atoms with Gasteiger partial charge in [-0.25, -0.2) is 0 Å². The van der Waals surface area contributed by atoms with Gasteiger partial charge in [-0.3, -0.25) is 10.1 Å². The summed E-state index contributed by atoms with van der Waals surface area (Å²) in [5.74, 6) is 0. The first-order valence-electron chi connectivity index (χ1n) is 5.89. The van der Waals surface area contributed by atoms with Crippen molar-refractivity contribution < 1.29 is 9.66 Å². The zero-order valence-electron chi connectivity index (χ0n) is 10.1. The number of ether oxygens (including phenoxy) is 1. The molecule has 2 rings (SSSR count). The van der Waals surface area contributed by atoms with Crippen molar-refractivity contribution in [2.75, 3.05) is 11.9 Å². The zero-order chi connectivity index (χ0) is 13.1. The molecule has 1 aliphatic heterocycles. The summed E-state index contributed by atoms with van der Waals surface area (Å²) in [7, 11) is 0. The minimum absolute atomic E-state index is 0.0791. The van der Waals surface area contributed by atoms with Crippen LogP contribution in [-0.4, -0.2) is 23.7 Å². The molecule has 0 saturated carbocycles. The van der Waals surface area contributed by atoms with E-state index >= 15 is 0 Å². The Bertz CT molecular complexity index is 453. The van der Waals surface area contributed by atoms with Crippen LogP contribution in [0.1, 0.15) is 19.8 Å². The molecule has 0 radical (unpaired) electrons. The van der Waals surface area contributed by atoms with Gasteiger partial charge in [0.2, 0.25) is 0 Å². The normalized spacial score (nSPS) is 23.0. The Kier molecular flexibility index (Phi) is 4.19. The summed E-state index contributed by atoms with van der Waals surface area (Å²) in [6.07, 6.45) is 2.48. The van der Waals surface area contributed by atoms with Crippen LogP contribution in [0.25, 0.3) is 0 Å².